The number of urea groups is 1. The molecule has 0 atom stereocenters. The summed E-state index contributed by atoms with van der Waals surface area (Å²) in [5.74, 6) is 0. The van der Waals surface area contributed by atoms with Crippen molar-refractivity contribution in [1.82, 2.24) is 10.6 Å². The lowest BCUT2D eigenvalue weighted by atomic mass is 10.4. The van der Waals surface area contributed by atoms with E-state index in [1.165, 1.54) is 0 Å². The van der Waals surface area contributed by atoms with Gasteiger partial charge >= 0.3 is 6.03 Å². The highest BCUT2D eigenvalue weighted by Gasteiger charge is 2.00. The molecule has 2 amide bonds. The molecular weight excluding hydrogens is 184 g/mol. The summed E-state index contributed by atoms with van der Waals surface area (Å²) in [5, 5.41) is 5.39. The molecule has 0 aliphatic heterocycles. The van der Waals surface area contributed by atoms with Crippen LogP contribution in [0.4, 0.5) is 4.79 Å². The third kappa shape index (κ3) is 9.28. The Morgan fingerprint density at radius 3 is 2.57 bits per heavy atom. The third-order valence-electron chi connectivity index (χ3n) is 1.38. The molecule has 0 saturated carbocycles. The van der Waals surface area contributed by atoms with Crippen LogP contribution in [0.15, 0.2) is 0 Å². The molecule has 2 N–H and O–H groups in total. The van der Waals surface area contributed by atoms with Crippen LogP contribution < -0.4 is 10.6 Å². The van der Waals surface area contributed by atoms with Gasteiger partial charge in [0.15, 0.2) is 0 Å². The van der Waals surface area contributed by atoms with E-state index in [2.05, 4.69) is 10.6 Å². The predicted octanol–water partition coefficient (Wildman–Crippen LogP) is 0.357. The molecule has 14 heavy (non-hydrogen) atoms. The van der Waals surface area contributed by atoms with Gasteiger partial charge in [-0.2, -0.15) is 0 Å². The molecule has 5 nitrogen and oxygen atoms in total. The molecule has 0 unspecified atom stereocenters. The van der Waals surface area contributed by atoms with E-state index >= 15 is 0 Å². The number of carbonyl (C=O) groups excluding carboxylic acids is 1. The summed E-state index contributed by atoms with van der Waals surface area (Å²) in [5.41, 5.74) is 0. The average Bonchev–Trinajstić information content (AvgIpc) is 2.10. The van der Waals surface area contributed by atoms with E-state index in [0.29, 0.717) is 26.4 Å². The Hall–Kier alpha value is -0.810. The van der Waals surface area contributed by atoms with Crippen molar-refractivity contribution in [2.45, 2.75) is 19.9 Å². The van der Waals surface area contributed by atoms with Crippen molar-refractivity contribution in [3.8, 4) is 0 Å². The molecule has 0 aromatic rings. The summed E-state index contributed by atoms with van der Waals surface area (Å²) in [6.07, 6.45) is 0. The molecule has 0 fully saturated rings. The van der Waals surface area contributed by atoms with Crippen LogP contribution in [0, 0.1) is 0 Å². The number of rotatable bonds is 7. The van der Waals surface area contributed by atoms with Crippen LogP contribution in [-0.4, -0.2) is 45.5 Å². The zero-order valence-electron chi connectivity index (χ0n) is 9.13. The molecule has 0 rings (SSSR count). The van der Waals surface area contributed by atoms with Gasteiger partial charge in [-0.05, 0) is 13.8 Å². The van der Waals surface area contributed by atoms with Gasteiger partial charge in [-0.15, -0.1) is 0 Å². The van der Waals surface area contributed by atoms with E-state index in [1.54, 1.807) is 7.11 Å². The van der Waals surface area contributed by atoms with Gasteiger partial charge in [0.25, 0.3) is 0 Å². The molecule has 0 spiro atoms. The Balaban J connectivity index is 3.15. The van der Waals surface area contributed by atoms with Crippen LogP contribution in [-0.2, 0) is 9.47 Å². The van der Waals surface area contributed by atoms with E-state index in [9.17, 15) is 4.79 Å². The Labute approximate surface area is 85.1 Å². The molecule has 0 bridgehead atoms. The molecule has 5 heteroatoms. The Kier molecular flexibility index (Phi) is 8.27. The summed E-state index contributed by atoms with van der Waals surface area (Å²) < 4.78 is 9.96. The lowest BCUT2D eigenvalue weighted by Crippen LogP contribution is -2.40. The number of nitrogens with one attached hydrogen (secondary N) is 2. The minimum Gasteiger partial charge on any atom is -0.382 e. The van der Waals surface area contributed by atoms with Crippen molar-refractivity contribution in [2.75, 3.05) is 33.5 Å². The second-order valence-electron chi connectivity index (χ2n) is 3.16. The van der Waals surface area contributed by atoms with Crippen molar-refractivity contribution in [1.29, 1.82) is 0 Å². The van der Waals surface area contributed by atoms with E-state index in [4.69, 9.17) is 9.47 Å². The van der Waals surface area contributed by atoms with Crippen molar-refractivity contribution in [3.05, 3.63) is 0 Å². The van der Waals surface area contributed by atoms with E-state index in [-0.39, 0.29) is 12.1 Å². The van der Waals surface area contributed by atoms with Crippen molar-refractivity contribution in [3.63, 3.8) is 0 Å². The highest BCUT2D eigenvalue weighted by molar-refractivity contribution is 5.73. The van der Waals surface area contributed by atoms with Crippen LogP contribution in [0.1, 0.15) is 13.8 Å². The highest BCUT2D eigenvalue weighted by Crippen LogP contribution is 1.77. The minimum absolute atomic E-state index is 0.157. The summed E-state index contributed by atoms with van der Waals surface area (Å²) >= 11 is 0. The Morgan fingerprint density at radius 2 is 2.00 bits per heavy atom. The van der Waals surface area contributed by atoms with Gasteiger partial charge in [-0.1, -0.05) is 0 Å². The highest BCUT2D eigenvalue weighted by atomic mass is 16.5. The predicted molar refractivity (Wildman–Crippen MR) is 54.4 cm³/mol. The van der Waals surface area contributed by atoms with Gasteiger partial charge in [0, 0.05) is 19.7 Å². The molecule has 0 aromatic carbocycles. The zero-order valence-corrected chi connectivity index (χ0v) is 9.13. The van der Waals surface area contributed by atoms with Crippen LogP contribution in [0.2, 0.25) is 0 Å². The largest absolute Gasteiger partial charge is 0.382 e. The molecule has 0 heterocycles. The van der Waals surface area contributed by atoms with Crippen LogP contribution in [0.3, 0.4) is 0 Å². The number of carbonyl (C=O) groups is 1. The second kappa shape index (κ2) is 8.77. The number of hydrogen-bond acceptors (Lipinski definition) is 3. The maximum atomic E-state index is 11.0. The molecule has 0 radical (unpaired) electrons. The standard InChI is InChI=1S/C9H20N2O3/c1-8(2)11-9(12)10-4-5-14-7-6-13-3/h8H,4-7H2,1-3H3,(H2,10,11,12). The fraction of sp³-hybridized carbons (Fsp3) is 0.889. The second-order valence-corrected chi connectivity index (χ2v) is 3.16. The summed E-state index contributed by atoms with van der Waals surface area (Å²) in [6, 6.07) is -0.000230. The van der Waals surface area contributed by atoms with Crippen molar-refractivity contribution < 1.29 is 14.3 Å². The first kappa shape index (κ1) is 13.2. The van der Waals surface area contributed by atoms with E-state index < -0.39 is 0 Å². The monoisotopic (exact) mass is 204 g/mol. The quantitative estimate of drug-likeness (QED) is 0.588. The number of methoxy groups -OCH3 is 1. The normalized spacial score (nSPS) is 10.3. The average molecular weight is 204 g/mol. The summed E-state index contributed by atoms with van der Waals surface area (Å²) in [6.45, 7) is 5.99. The fourth-order valence-corrected chi connectivity index (χ4v) is 0.794. The fourth-order valence-electron chi connectivity index (χ4n) is 0.794. The third-order valence-corrected chi connectivity index (χ3v) is 1.38. The van der Waals surface area contributed by atoms with E-state index in [1.807, 2.05) is 13.8 Å². The first-order valence-corrected chi connectivity index (χ1v) is 4.78. The van der Waals surface area contributed by atoms with Gasteiger partial charge in [0.1, 0.15) is 0 Å². The number of hydrogen-bond donors (Lipinski definition) is 2. The zero-order chi connectivity index (χ0) is 10.8. The number of amides is 2. The lowest BCUT2D eigenvalue weighted by molar-refractivity contribution is 0.0726. The minimum atomic E-state index is -0.157. The maximum absolute atomic E-state index is 11.0. The molecule has 84 valence electrons. The maximum Gasteiger partial charge on any atom is 0.315 e. The first-order chi connectivity index (χ1) is 6.66. The summed E-state index contributed by atoms with van der Waals surface area (Å²) in [7, 11) is 1.62. The lowest BCUT2D eigenvalue weighted by Gasteiger charge is -2.10. The van der Waals surface area contributed by atoms with Gasteiger partial charge in [-0.25, -0.2) is 4.79 Å². The topological polar surface area (TPSA) is 59.6 Å². The molecule has 0 saturated heterocycles. The molecular formula is C9H20N2O3. The van der Waals surface area contributed by atoms with Crippen LogP contribution in [0.5, 0.6) is 0 Å². The first-order valence-electron chi connectivity index (χ1n) is 4.78. The smallest absolute Gasteiger partial charge is 0.315 e. The van der Waals surface area contributed by atoms with E-state index in [0.717, 1.165) is 0 Å². The van der Waals surface area contributed by atoms with Crippen LogP contribution in [0.25, 0.3) is 0 Å². The molecule has 0 aliphatic rings. The summed E-state index contributed by atoms with van der Waals surface area (Å²) in [4.78, 5) is 11.0. The SMILES string of the molecule is COCCOCCNC(=O)NC(C)C. The Morgan fingerprint density at radius 1 is 1.29 bits per heavy atom. The molecule has 0 aromatic heterocycles. The van der Waals surface area contributed by atoms with Crippen LogP contribution >= 0.6 is 0 Å². The van der Waals surface area contributed by atoms with Gasteiger partial charge in [-0.3, -0.25) is 0 Å². The van der Waals surface area contributed by atoms with Gasteiger partial charge in [0.2, 0.25) is 0 Å². The van der Waals surface area contributed by atoms with Gasteiger partial charge < -0.3 is 20.1 Å². The van der Waals surface area contributed by atoms with Gasteiger partial charge in [0.05, 0.1) is 19.8 Å². The van der Waals surface area contributed by atoms with Crippen molar-refractivity contribution in [2.24, 2.45) is 0 Å². The van der Waals surface area contributed by atoms with Crippen molar-refractivity contribution >= 4 is 6.03 Å². The number of ether oxygens (including phenoxy) is 2. The molecule has 0 aliphatic carbocycles. The Bertz CT molecular complexity index is 151.